The van der Waals surface area contributed by atoms with Crippen molar-refractivity contribution in [2.75, 3.05) is 25.6 Å². The minimum Gasteiger partial charge on any atom is -1.00 e. The van der Waals surface area contributed by atoms with E-state index in [0.29, 0.717) is 18.4 Å². The number of benzene rings is 2. The Morgan fingerprint density at radius 2 is 1.77 bits per heavy atom. The summed E-state index contributed by atoms with van der Waals surface area (Å²) in [7, 11) is 0. The lowest BCUT2D eigenvalue weighted by atomic mass is 10.0. The van der Waals surface area contributed by atoms with Gasteiger partial charge in [0.25, 0.3) is 0 Å². The van der Waals surface area contributed by atoms with Crippen LogP contribution in [0.15, 0.2) is 46.9 Å². The van der Waals surface area contributed by atoms with Crippen LogP contribution in [0, 0.1) is 6.92 Å². The van der Waals surface area contributed by atoms with Gasteiger partial charge in [-0.15, -0.1) is 11.6 Å². The first-order chi connectivity index (χ1) is 12.0. The van der Waals surface area contributed by atoms with E-state index >= 15 is 0 Å². The van der Waals surface area contributed by atoms with Gasteiger partial charge < -0.3 is 22.0 Å². The quantitative estimate of drug-likeness (QED) is 0.561. The van der Waals surface area contributed by atoms with Crippen molar-refractivity contribution in [3.05, 3.63) is 63.6 Å². The summed E-state index contributed by atoms with van der Waals surface area (Å²) in [4.78, 5) is 1.44. The summed E-state index contributed by atoms with van der Waals surface area (Å²) in [5.74, 6) is 2.14. The lowest BCUT2D eigenvalue weighted by Gasteiger charge is -2.20. The Bertz CT molecular complexity index is 662. The summed E-state index contributed by atoms with van der Waals surface area (Å²) in [6, 6.07) is 15.0. The average molecular weight is 461 g/mol. The Labute approximate surface area is 177 Å². The first kappa shape index (κ1) is 23.3. The van der Waals surface area contributed by atoms with E-state index in [1.807, 2.05) is 0 Å². The first-order valence-corrected chi connectivity index (χ1v) is 10.2. The third-order valence-electron chi connectivity index (χ3n) is 4.32. The van der Waals surface area contributed by atoms with Crippen molar-refractivity contribution in [2.24, 2.45) is 0 Å². The van der Waals surface area contributed by atoms with E-state index < -0.39 is 0 Å². The summed E-state index contributed by atoms with van der Waals surface area (Å²) in [5, 5.41) is 0. The minimum atomic E-state index is 0. The molecule has 0 saturated heterocycles. The Kier molecular flexibility index (Phi) is 10.6. The van der Waals surface area contributed by atoms with Gasteiger partial charge in [0.05, 0.1) is 12.4 Å². The Balaban J connectivity index is 0.00000338. The van der Waals surface area contributed by atoms with Crippen LogP contribution in [0.4, 0.5) is 0 Å². The van der Waals surface area contributed by atoms with Gasteiger partial charge >= 0.3 is 0 Å². The molecule has 0 spiro atoms. The molecule has 0 bridgehead atoms. The van der Waals surface area contributed by atoms with Crippen molar-refractivity contribution in [1.29, 1.82) is 0 Å². The zero-order valence-electron chi connectivity index (χ0n) is 15.7. The molecule has 5 heteroatoms. The second-order valence-corrected chi connectivity index (χ2v) is 8.08. The van der Waals surface area contributed by atoms with Gasteiger partial charge in [-0.3, -0.25) is 0 Å². The van der Waals surface area contributed by atoms with Gasteiger partial charge in [0.1, 0.15) is 25.4 Å². The fourth-order valence-corrected chi connectivity index (χ4v) is 3.41. The molecule has 26 heavy (non-hydrogen) atoms. The van der Waals surface area contributed by atoms with Crippen LogP contribution in [0.5, 0.6) is 5.75 Å². The van der Waals surface area contributed by atoms with Gasteiger partial charge in [0.15, 0.2) is 0 Å². The monoisotopic (exact) mass is 459 g/mol. The largest absolute Gasteiger partial charge is 1.00 e. The van der Waals surface area contributed by atoms with Gasteiger partial charge in [0, 0.05) is 10.0 Å². The molecule has 0 aliphatic heterocycles. The van der Waals surface area contributed by atoms with E-state index in [0.717, 1.165) is 29.9 Å². The molecule has 144 valence electrons. The SMILES string of the molecule is Cc1ccc(C(C)C)c(OCC[NH+](CCCl)Cc2ccc(Br)cc2)c1.[Cl-]. The molecule has 0 fully saturated rings. The molecule has 0 radical (unpaired) electrons. The molecule has 0 aliphatic rings. The van der Waals surface area contributed by atoms with E-state index in [1.165, 1.54) is 21.6 Å². The van der Waals surface area contributed by atoms with Gasteiger partial charge in [-0.05, 0) is 42.2 Å². The minimum absolute atomic E-state index is 0. The molecule has 0 saturated carbocycles. The van der Waals surface area contributed by atoms with E-state index in [-0.39, 0.29) is 12.4 Å². The van der Waals surface area contributed by atoms with Crippen LogP contribution in [0.25, 0.3) is 0 Å². The van der Waals surface area contributed by atoms with Crippen LogP contribution in [-0.2, 0) is 6.54 Å². The molecule has 1 unspecified atom stereocenters. The Morgan fingerprint density at radius 1 is 1.08 bits per heavy atom. The number of hydrogen-bond donors (Lipinski definition) is 1. The standard InChI is InChI=1S/C21H27BrClNO.ClH/c1-16(2)20-9-4-17(3)14-21(20)25-13-12-24(11-10-23)15-18-5-7-19(22)8-6-18;/h4-9,14,16H,10-13,15H2,1-3H3;1H. The van der Waals surface area contributed by atoms with Crippen LogP contribution in [0.2, 0.25) is 0 Å². The summed E-state index contributed by atoms with van der Waals surface area (Å²) < 4.78 is 7.25. The summed E-state index contributed by atoms with van der Waals surface area (Å²) in [6.07, 6.45) is 0. The summed E-state index contributed by atoms with van der Waals surface area (Å²) in [6.45, 7) is 10.1. The zero-order chi connectivity index (χ0) is 18.2. The normalized spacial score (nSPS) is 11.9. The molecular weight excluding hydrogens is 433 g/mol. The highest BCUT2D eigenvalue weighted by Gasteiger charge is 2.12. The van der Waals surface area contributed by atoms with E-state index in [2.05, 4.69) is 79.2 Å². The van der Waals surface area contributed by atoms with Crippen molar-refractivity contribution in [1.82, 2.24) is 0 Å². The maximum atomic E-state index is 6.14. The molecular formula is C21H28BrCl2NO. The lowest BCUT2D eigenvalue weighted by molar-refractivity contribution is -0.911. The lowest BCUT2D eigenvalue weighted by Crippen LogP contribution is -3.11. The fourth-order valence-electron chi connectivity index (χ4n) is 2.88. The van der Waals surface area contributed by atoms with Gasteiger partial charge in [-0.2, -0.15) is 0 Å². The molecule has 0 heterocycles. The third kappa shape index (κ3) is 7.48. The highest BCUT2D eigenvalue weighted by Crippen LogP contribution is 2.27. The number of quaternary nitrogens is 1. The third-order valence-corrected chi connectivity index (χ3v) is 5.04. The second-order valence-electron chi connectivity index (χ2n) is 6.79. The smallest absolute Gasteiger partial charge is 0.137 e. The molecule has 0 aromatic heterocycles. The van der Waals surface area contributed by atoms with Crippen molar-refractivity contribution in [3.8, 4) is 5.75 Å². The van der Waals surface area contributed by atoms with Crippen molar-refractivity contribution < 1.29 is 22.0 Å². The fraction of sp³-hybridized carbons (Fsp3) is 0.429. The van der Waals surface area contributed by atoms with Crippen LogP contribution < -0.4 is 22.0 Å². The summed E-state index contributed by atoms with van der Waals surface area (Å²) in [5.41, 5.74) is 3.83. The molecule has 0 amide bonds. The summed E-state index contributed by atoms with van der Waals surface area (Å²) >= 11 is 9.49. The van der Waals surface area contributed by atoms with Gasteiger partial charge in [-0.1, -0.05) is 54.0 Å². The first-order valence-electron chi connectivity index (χ1n) is 8.87. The van der Waals surface area contributed by atoms with Crippen molar-refractivity contribution in [3.63, 3.8) is 0 Å². The van der Waals surface area contributed by atoms with Crippen LogP contribution >= 0.6 is 27.5 Å². The van der Waals surface area contributed by atoms with Gasteiger partial charge in [0.2, 0.25) is 0 Å². The molecule has 0 aliphatic carbocycles. The molecule has 2 nitrogen and oxygen atoms in total. The predicted molar refractivity (Wildman–Crippen MR) is 110 cm³/mol. The number of alkyl halides is 1. The molecule has 2 rings (SSSR count). The molecule has 1 atom stereocenters. The number of hydrogen-bond acceptors (Lipinski definition) is 1. The number of rotatable bonds is 9. The average Bonchev–Trinajstić information content (AvgIpc) is 2.57. The maximum Gasteiger partial charge on any atom is 0.137 e. The highest BCUT2D eigenvalue weighted by atomic mass is 79.9. The number of ether oxygens (including phenoxy) is 1. The van der Waals surface area contributed by atoms with E-state index in [1.54, 1.807) is 0 Å². The predicted octanol–water partition coefficient (Wildman–Crippen LogP) is 1.59. The second kappa shape index (κ2) is 11.9. The highest BCUT2D eigenvalue weighted by molar-refractivity contribution is 9.10. The molecule has 2 aromatic carbocycles. The van der Waals surface area contributed by atoms with Crippen LogP contribution in [0.3, 0.4) is 0 Å². The topological polar surface area (TPSA) is 13.7 Å². The zero-order valence-corrected chi connectivity index (χ0v) is 18.8. The maximum absolute atomic E-state index is 6.14. The van der Waals surface area contributed by atoms with Crippen molar-refractivity contribution in [2.45, 2.75) is 33.2 Å². The van der Waals surface area contributed by atoms with Crippen LogP contribution in [0.1, 0.15) is 36.5 Å². The van der Waals surface area contributed by atoms with Crippen LogP contribution in [-0.4, -0.2) is 25.6 Å². The molecule has 2 aromatic rings. The number of nitrogens with one attached hydrogen (secondary N) is 1. The Morgan fingerprint density at radius 3 is 2.38 bits per heavy atom. The number of aryl methyl sites for hydroxylation is 1. The molecule has 1 N–H and O–H groups in total. The Hall–Kier alpha value is -0.740. The van der Waals surface area contributed by atoms with Gasteiger partial charge in [-0.25, -0.2) is 0 Å². The number of halogens is 3. The van der Waals surface area contributed by atoms with E-state index in [9.17, 15) is 0 Å². The van der Waals surface area contributed by atoms with E-state index in [4.69, 9.17) is 16.3 Å². The van der Waals surface area contributed by atoms with Crippen molar-refractivity contribution >= 4 is 27.5 Å².